The van der Waals surface area contributed by atoms with E-state index in [2.05, 4.69) is 0 Å². The predicted octanol–water partition coefficient (Wildman–Crippen LogP) is 0.319. The standard InChI is InChI=1S/C11H11NO8S3/c1-21(13,14)7-2-6-3-8(22(15,16)17)5-10(23(18,19)20)11(6)9(12)4-7/h2-5H,12H2,1H3,(H,15,16,17)(H,18,19,20). The van der Waals surface area contributed by atoms with Crippen molar-refractivity contribution in [3.63, 3.8) is 0 Å². The molecule has 0 saturated heterocycles. The summed E-state index contributed by atoms with van der Waals surface area (Å²) in [4.78, 5) is -1.97. The summed E-state index contributed by atoms with van der Waals surface area (Å²) < 4.78 is 87.0. The normalized spacial score (nSPS) is 13.3. The summed E-state index contributed by atoms with van der Waals surface area (Å²) in [7, 11) is -13.4. The summed E-state index contributed by atoms with van der Waals surface area (Å²) in [5.74, 6) is 0. The third-order valence-corrected chi connectivity index (χ3v) is 5.80. The van der Waals surface area contributed by atoms with Crippen molar-refractivity contribution in [2.75, 3.05) is 12.0 Å². The van der Waals surface area contributed by atoms with E-state index in [0.29, 0.717) is 6.07 Å². The van der Waals surface area contributed by atoms with Gasteiger partial charge in [0.25, 0.3) is 20.2 Å². The Balaban J connectivity index is 3.12. The quantitative estimate of drug-likeness (QED) is 0.500. The summed E-state index contributed by atoms with van der Waals surface area (Å²) >= 11 is 0. The van der Waals surface area contributed by atoms with E-state index in [1.165, 1.54) is 0 Å². The zero-order chi connectivity index (χ0) is 17.8. The Morgan fingerprint density at radius 2 is 1.35 bits per heavy atom. The van der Waals surface area contributed by atoms with E-state index >= 15 is 0 Å². The van der Waals surface area contributed by atoms with Gasteiger partial charge in [0.15, 0.2) is 9.84 Å². The average Bonchev–Trinajstić information content (AvgIpc) is 2.33. The smallest absolute Gasteiger partial charge is 0.295 e. The van der Waals surface area contributed by atoms with Gasteiger partial charge in [-0.2, -0.15) is 16.8 Å². The van der Waals surface area contributed by atoms with Gasteiger partial charge in [-0.3, -0.25) is 9.11 Å². The van der Waals surface area contributed by atoms with Gasteiger partial charge in [0.1, 0.15) is 4.90 Å². The number of sulfone groups is 1. The molecule has 0 amide bonds. The maximum Gasteiger partial charge on any atom is 0.295 e. The number of hydrogen-bond acceptors (Lipinski definition) is 7. The maximum absolute atomic E-state index is 11.6. The zero-order valence-corrected chi connectivity index (χ0v) is 13.9. The van der Waals surface area contributed by atoms with E-state index in [0.717, 1.165) is 24.5 Å². The molecule has 2 aromatic rings. The molecule has 0 radical (unpaired) electrons. The Bertz CT molecular complexity index is 1130. The van der Waals surface area contributed by atoms with E-state index in [1.807, 2.05) is 0 Å². The van der Waals surface area contributed by atoms with Crippen LogP contribution in [0.5, 0.6) is 0 Å². The fourth-order valence-corrected chi connectivity index (χ4v) is 4.09. The van der Waals surface area contributed by atoms with Crippen LogP contribution in [0.1, 0.15) is 0 Å². The van der Waals surface area contributed by atoms with Crippen molar-refractivity contribution in [2.24, 2.45) is 0 Å². The van der Waals surface area contributed by atoms with Crippen LogP contribution in [0.15, 0.2) is 39.0 Å². The van der Waals surface area contributed by atoms with Gasteiger partial charge in [-0.15, -0.1) is 0 Å². The van der Waals surface area contributed by atoms with Crippen molar-refractivity contribution in [3.8, 4) is 0 Å². The summed E-state index contributed by atoms with van der Waals surface area (Å²) in [6.07, 6.45) is 0.879. The Morgan fingerprint density at radius 3 is 1.78 bits per heavy atom. The largest absolute Gasteiger partial charge is 0.398 e. The maximum atomic E-state index is 11.6. The first-order valence-electron chi connectivity index (χ1n) is 5.73. The summed E-state index contributed by atoms with van der Waals surface area (Å²) in [6, 6.07) is 3.36. The highest BCUT2D eigenvalue weighted by Crippen LogP contribution is 2.33. The van der Waals surface area contributed by atoms with Crippen molar-refractivity contribution in [1.82, 2.24) is 0 Å². The number of benzene rings is 2. The van der Waals surface area contributed by atoms with Crippen LogP contribution in [0.2, 0.25) is 0 Å². The van der Waals surface area contributed by atoms with Gasteiger partial charge in [-0.1, -0.05) is 0 Å². The molecule has 0 saturated carbocycles. The molecular weight excluding hydrogens is 370 g/mol. The first-order chi connectivity index (χ1) is 10.2. The number of nitrogens with two attached hydrogens (primary N) is 1. The number of anilines is 1. The minimum absolute atomic E-state index is 0.187. The first-order valence-corrected chi connectivity index (χ1v) is 10.5. The highest BCUT2D eigenvalue weighted by atomic mass is 32.2. The summed E-state index contributed by atoms with van der Waals surface area (Å²) in [5, 5.41) is -0.444. The molecule has 2 rings (SSSR count). The van der Waals surface area contributed by atoms with Crippen molar-refractivity contribution in [1.29, 1.82) is 0 Å². The van der Waals surface area contributed by atoms with Crippen LogP contribution in [-0.2, 0) is 30.1 Å². The fourth-order valence-electron chi connectivity index (χ4n) is 2.02. The SMILES string of the molecule is CS(=O)(=O)c1cc(N)c2c(S(=O)(=O)O)cc(S(=O)(=O)O)cc2c1. The van der Waals surface area contributed by atoms with Crippen molar-refractivity contribution in [2.45, 2.75) is 14.7 Å². The van der Waals surface area contributed by atoms with Crippen LogP contribution < -0.4 is 5.73 Å². The lowest BCUT2D eigenvalue weighted by molar-refractivity contribution is 0.482. The molecule has 0 atom stereocenters. The Kier molecular flexibility index (Phi) is 3.94. The van der Waals surface area contributed by atoms with Gasteiger partial charge in [0, 0.05) is 17.3 Å². The number of fused-ring (bicyclic) bond motifs is 1. The predicted molar refractivity (Wildman–Crippen MR) is 81.1 cm³/mol. The highest BCUT2D eigenvalue weighted by Gasteiger charge is 2.23. The molecule has 0 unspecified atom stereocenters. The van der Waals surface area contributed by atoms with Crippen molar-refractivity contribution >= 4 is 46.5 Å². The van der Waals surface area contributed by atoms with Crippen LogP contribution in [0.3, 0.4) is 0 Å². The molecule has 0 bridgehead atoms. The molecule has 2 aromatic carbocycles. The fraction of sp³-hybridized carbons (Fsp3) is 0.0909. The first kappa shape index (κ1) is 17.6. The van der Waals surface area contributed by atoms with Gasteiger partial charge in [-0.05, 0) is 29.7 Å². The molecule has 0 heterocycles. The van der Waals surface area contributed by atoms with Gasteiger partial charge in [0.05, 0.1) is 9.79 Å². The lowest BCUT2D eigenvalue weighted by atomic mass is 10.1. The Morgan fingerprint density at radius 1 is 0.826 bits per heavy atom. The highest BCUT2D eigenvalue weighted by molar-refractivity contribution is 7.90. The number of rotatable bonds is 3. The third kappa shape index (κ3) is 3.45. The molecule has 4 N–H and O–H groups in total. The van der Waals surface area contributed by atoms with Crippen LogP contribution in [0.25, 0.3) is 10.8 Å². The molecule has 0 fully saturated rings. The zero-order valence-electron chi connectivity index (χ0n) is 11.5. The third-order valence-electron chi connectivity index (χ3n) is 2.99. The average molecular weight is 381 g/mol. The van der Waals surface area contributed by atoms with Gasteiger partial charge in [0.2, 0.25) is 0 Å². The van der Waals surface area contributed by atoms with E-state index in [4.69, 9.17) is 10.3 Å². The van der Waals surface area contributed by atoms with Crippen LogP contribution in [0, 0.1) is 0 Å². The Hall–Kier alpha value is -1.73. The number of hydrogen-bond donors (Lipinski definition) is 3. The van der Waals surface area contributed by atoms with E-state index in [1.54, 1.807) is 0 Å². The molecule has 0 aliphatic rings. The molecule has 126 valence electrons. The second-order valence-corrected chi connectivity index (χ2v) is 9.58. The summed E-state index contributed by atoms with van der Waals surface area (Å²) in [6.45, 7) is 0. The minimum atomic E-state index is -4.89. The molecule has 0 aromatic heterocycles. The molecule has 0 spiro atoms. The van der Waals surface area contributed by atoms with Crippen molar-refractivity contribution in [3.05, 3.63) is 24.3 Å². The van der Waals surface area contributed by atoms with Crippen LogP contribution in [0.4, 0.5) is 5.69 Å². The second-order valence-electron chi connectivity index (χ2n) is 4.75. The van der Waals surface area contributed by atoms with Gasteiger partial charge in [-0.25, -0.2) is 8.42 Å². The van der Waals surface area contributed by atoms with Crippen molar-refractivity contribution < 1.29 is 34.4 Å². The lowest BCUT2D eigenvalue weighted by Crippen LogP contribution is -2.07. The van der Waals surface area contributed by atoms with Gasteiger partial charge >= 0.3 is 0 Å². The van der Waals surface area contributed by atoms with Crippen LogP contribution in [-0.4, -0.2) is 40.6 Å². The number of nitrogen functional groups attached to an aromatic ring is 1. The molecule has 23 heavy (non-hydrogen) atoms. The second kappa shape index (κ2) is 5.14. The van der Waals surface area contributed by atoms with E-state index < -0.39 is 39.9 Å². The van der Waals surface area contributed by atoms with E-state index in [9.17, 15) is 29.8 Å². The molecule has 0 aliphatic heterocycles. The molecule has 0 aliphatic carbocycles. The Labute approximate surface area is 132 Å². The van der Waals surface area contributed by atoms with Gasteiger partial charge < -0.3 is 5.73 Å². The monoisotopic (exact) mass is 381 g/mol. The topological polar surface area (TPSA) is 169 Å². The minimum Gasteiger partial charge on any atom is -0.398 e. The molecule has 12 heteroatoms. The lowest BCUT2D eigenvalue weighted by Gasteiger charge is -2.11. The van der Waals surface area contributed by atoms with E-state index in [-0.39, 0.29) is 21.4 Å². The molecule has 9 nitrogen and oxygen atoms in total. The summed E-state index contributed by atoms with van der Waals surface area (Å²) in [5.41, 5.74) is 5.36. The molecular formula is C11H11NO8S3. The van der Waals surface area contributed by atoms with Crippen LogP contribution >= 0.6 is 0 Å².